The van der Waals surface area contributed by atoms with E-state index in [1.54, 1.807) is 25.1 Å². The average Bonchev–Trinajstić information content (AvgIpc) is 2.68. The molecule has 0 aliphatic carbocycles. The molecule has 1 unspecified atom stereocenters. The normalized spacial score (nSPS) is 12.8. The van der Waals surface area contributed by atoms with Crippen molar-refractivity contribution in [2.75, 3.05) is 5.75 Å². The number of carbonyl (C=O) groups is 1. The first-order valence-corrected chi connectivity index (χ1v) is 6.71. The molecule has 0 saturated carbocycles. The Morgan fingerprint density at radius 1 is 1.41 bits per heavy atom. The summed E-state index contributed by atoms with van der Waals surface area (Å²) in [7, 11) is -1.06. The molecule has 0 radical (unpaired) electrons. The molecule has 0 aliphatic heterocycles. The minimum Gasteiger partial charge on any atom is -0.475 e. The second-order valence-electron chi connectivity index (χ2n) is 3.58. The molecule has 2 aromatic rings. The number of carboxylic acids is 1. The maximum absolute atomic E-state index is 11.6. The molecule has 90 valence electrons. The lowest BCUT2D eigenvalue weighted by atomic mass is 10.1. The monoisotopic (exact) mass is 252 g/mol. The first kappa shape index (κ1) is 11.9. The number of aromatic carboxylic acids is 1. The van der Waals surface area contributed by atoms with E-state index < -0.39 is 16.8 Å². The van der Waals surface area contributed by atoms with Crippen LogP contribution in [0.5, 0.6) is 0 Å². The summed E-state index contributed by atoms with van der Waals surface area (Å²) in [6.07, 6.45) is 0. The summed E-state index contributed by atoms with van der Waals surface area (Å²) in [5.74, 6) is -0.509. The van der Waals surface area contributed by atoms with Crippen LogP contribution in [0, 0.1) is 0 Å². The van der Waals surface area contributed by atoms with E-state index >= 15 is 0 Å². The van der Waals surface area contributed by atoms with Crippen molar-refractivity contribution in [3.8, 4) is 0 Å². The summed E-state index contributed by atoms with van der Waals surface area (Å²) in [6, 6.07) is 7.08. The lowest BCUT2D eigenvalue weighted by Crippen LogP contribution is -2.03. The van der Waals surface area contributed by atoms with Gasteiger partial charge in [0.2, 0.25) is 5.76 Å². The SMILES string of the molecule is CCS(=O)Cc1c(C(=O)O)oc2ccccc12. The van der Waals surface area contributed by atoms with Crippen molar-refractivity contribution >= 4 is 27.7 Å². The molecule has 2 rings (SSSR count). The predicted octanol–water partition coefficient (Wildman–Crippen LogP) is 2.40. The fraction of sp³-hybridized carbons (Fsp3) is 0.250. The zero-order valence-corrected chi connectivity index (χ0v) is 10.1. The predicted molar refractivity (Wildman–Crippen MR) is 65.6 cm³/mol. The van der Waals surface area contributed by atoms with Crippen molar-refractivity contribution < 1.29 is 18.5 Å². The van der Waals surface area contributed by atoms with Gasteiger partial charge in [0.15, 0.2) is 0 Å². The molecule has 0 fully saturated rings. The molecule has 4 nitrogen and oxygen atoms in total. The zero-order chi connectivity index (χ0) is 12.4. The number of hydrogen-bond acceptors (Lipinski definition) is 3. The number of hydrogen-bond donors (Lipinski definition) is 1. The Bertz CT molecular complexity index is 585. The van der Waals surface area contributed by atoms with Gasteiger partial charge in [0.1, 0.15) is 5.58 Å². The van der Waals surface area contributed by atoms with Gasteiger partial charge in [-0.25, -0.2) is 4.79 Å². The lowest BCUT2D eigenvalue weighted by molar-refractivity contribution is 0.0664. The van der Waals surface area contributed by atoms with E-state index in [2.05, 4.69) is 0 Å². The van der Waals surface area contributed by atoms with E-state index in [9.17, 15) is 9.00 Å². The summed E-state index contributed by atoms with van der Waals surface area (Å²) in [4.78, 5) is 11.1. The van der Waals surface area contributed by atoms with Crippen molar-refractivity contribution in [3.05, 3.63) is 35.6 Å². The molecule has 0 spiro atoms. The molecule has 0 aliphatic rings. The fourth-order valence-corrected chi connectivity index (χ4v) is 2.49. The Kier molecular flexibility index (Phi) is 3.28. The molecule has 0 amide bonds. The number of rotatable bonds is 4. The maximum atomic E-state index is 11.6. The summed E-state index contributed by atoms with van der Waals surface area (Å²) < 4.78 is 16.8. The van der Waals surface area contributed by atoms with Gasteiger partial charge >= 0.3 is 5.97 Å². The molecular weight excluding hydrogens is 240 g/mol. The van der Waals surface area contributed by atoms with Crippen molar-refractivity contribution in [1.82, 2.24) is 0 Å². The van der Waals surface area contributed by atoms with Crippen LogP contribution < -0.4 is 0 Å². The first-order chi connectivity index (χ1) is 8.13. The van der Waals surface area contributed by atoms with Crippen molar-refractivity contribution in [3.63, 3.8) is 0 Å². The molecule has 5 heteroatoms. The number of benzene rings is 1. The highest BCUT2D eigenvalue weighted by Gasteiger charge is 2.20. The van der Waals surface area contributed by atoms with Gasteiger partial charge in [-0.15, -0.1) is 0 Å². The number of carboxylic acid groups (broad SMARTS) is 1. The smallest absolute Gasteiger partial charge is 0.372 e. The summed E-state index contributed by atoms with van der Waals surface area (Å²) in [5, 5.41) is 9.79. The summed E-state index contributed by atoms with van der Waals surface area (Å²) >= 11 is 0. The maximum Gasteiger partial charge on any atom is 0.372 e. The standard InChI is InChI=1S/C12H12O4S/c1-2-17(15)7-9-8-5-3-4-6-10(8)16-11(9)12(13)14/h3-6H,2,7H2,1H3,(H,13,14). The van der Waals surface area contributed by atoms with Crippen LogP contribution in [0.1, 0.15) is 23.0 Å². The van der Waals surface area contributed by atoms with Gasteiger partial charge in [-0.2, -0.15) is 0 Å². The number of furan rings is 1. The zero-order valence-electron chi connectivity index (χ0n) is 9.30. The third kappa shape index (κ3) is 2.24. The van der Waals surface area contributed by atoms with E-state index in [0.29, 0.717) is 16.9 Å². The highest BCUT2D eigenvalue weighted by Crippen LogP contribution is 2.27. The topological polar surface area (TPSA) is 67.5 Å². The number of fused-ring (bicyclic) bond motifs is 1. The Labute approximate surface area is 101 Å². The van der Waals surface area contributed by atoms with Crippen LogP contribution in [-0.2, 0) is 16.6 Å². The average molecular weight is 252 g/mol. The van der Waals surface area contributed by atoms with Crippen LogP contribution >= 0.6 is 0 Å². The molecule has 17 heavy (non-hydrogen) atoms. The van der Waals surface area contributed by atoms with Crippen LogP contribution in [0.2, 0.25) is 0 Å². The quantitative estimate of drug-likeness (QED) is 0.907. The second kappa shape index (κ2) is 4.71. The van der Waals surface area contributed by atoms with Crippen molar-refractivity contribution in [2.24, 2.45) is 0 Å². The molecule has 1 atom stereocenters. The van der Waals surface area contributed by atoms with E-state index in [1.807, 2.05) is 6.07 Å². The summed E-state index contributed by atoms with van der Waals surface area (Å²) in [6.45, 7) is 1.80. The van der Waals surface area contributed by atoms with E-state index in [1.165, 1.54) is 0 Å². The molecule has 0 saturated heterocycles. The van der Waals surface area contributed by atoms with Crippen LogP contribution in [0.25, 0.3) is 11.0 Å². The van der Waals surface area contributed by atoms with E-state index in [4.69, 9.17) is 9.52 Å². The highest BCUT2D eigenvalue weighted by atomic mass is 32.2. The van der Waals surface area contributed by atoms with Gasteiger partial charge in [-0.1, -0.05) is 25.1 Å². The fourth-order valence-electron chi connectivity index (χ4n) is 1.68. The third-order valence-corrected chi connectivity index (χ3v) is 3.77. The highest BCUT2D eigenvalue weighted by molar-refractivity contribution is 7.84. The molecule has 1 aromatic carbocycles. The minimum absolute atomic E-state index is 0.104. The first-order valence-electron chi connectivity index (χ1n) is 5.22. The largest absolute Gasteiger partial charge is 0.475 e. The Morgan fingerprint density at radius 3 is 2.76 bits per heavy atom. The van der Waals surface area contributed by atoms with Crippen LogP contribution in [0.3, 0.4) is 0 Å². The lowest BCUT2D eigenvalue weighted by Gasteiger charge is -1.98. The molecular formula is C12H12O4S. The van der Waals surface area contributed by atoms with E-state index in [-0.39, 0.29) is 11.5 Å². The van der Waals surface area contributed by atoms with Crippen LogP contribution in [-0.4, -0.2) is 21.0 Å². The molecule has 1 aromatic heterocycles. The van der Waals surface area contributed by atoms with Crippen molar-refractivity contribution in [1.29, 1.82) is 0 Å². The van der Waals surface area contributed by atoms with Gasteiger partial charge in [-0.05, 0) is 6.07 Å². The Hall–Kier alpha value is -1.62. The van der Waals surface area contributed by atoms with E-state index in [0.717, 1.165) is 5.39 Å². The number of para-hydroxylation sites is 1. The van der Waals surface area contributed by atoms with Gasteiger partial charge in [-0.3, -0.25) is 4.21 Å². The minimum atomic E-state index is -1.12. The molecule has 0 bridgehead atoms. The Balaban J connectivity index is 2.59. The summed E-state index contributed by atoms with van der Waals surface area (Å²) in [5.41, 5.74) is 1.04. The molecule has 1 N–H and O–H groups in total. The Morgan fingerprint density at radius 2 is 2.12 bits per heavy atom. The van der Waals surface area contributed by atoms with Gasteiger partial charge in [0.25, 0.3) is 0 Å². The van der Waals surface area contributed by atoms with Crippen molar-refractivity contribution in [2.45, 2.75) is 12.7 Å². The van der Waals surface area contributed by atoms with Crippen LogP contribution in [0.15, 0.2) is 28.7 Å². The van der Waals surface area contributed by atoms with Gasteiger partial charge in [0, 0.05) is 27.5 Å². The van der Waals surface area contributed by atoms with Gasteiger partial charge < -0.3 is 9.52 Å². The molecule has 1 heterocycles. The van der Waals surface area contributed by atoms with Crippen LogP contribution in [0.4, 0.5) is 0 Å². The van der Waals surface area contributed by atoms with Gasteiger partial charge in [0.05, 0.1) is 5.75 Å². The second-order valence-corrected chi connectivity index (χ2v) is 5.33. The third-order valence-electron chi connectivity index (χ3n) is 2.52.